The first-order valence-electron chi connectivity index (χ1n) is 9.18. The molecule has 5 heteroatoms. The van der Waals surface area contributed by atoms with Gasteiger partial charge in [0.1, 0.15) is 11.5 Å². The Morgan fingerprint density at radius 2 is 1.82 bits per heavy atom. The highest BCUT2D eigenvalue weighted by Gasteiger charge is 2.45. The lowest BCUT2D eigenvalue weighted by atomic mass is 10.1. The molecule has 3 aromatic rings. The molecule has 0 radical (unpaired) electrons. The average molecular weight is 394 g/mol. The lowest BCUT2D eigenvalue weighted by Crippen LogP contribution is -2.01. The summed E-state index contributed by atoms with van der Waals surface area (Å²) in [6.07, 6.45) is 0.663. The molecule has 0 aliphatic heterocycles. The van der Waals surface area contributed by atoms with Crippen LogP contribution in [-0.2, 0) is 11.3 Å². The molecular weight excluding hydrogens is 374 g/mol. The van der Waals surface area contributed by atoms with Crippen LogP contribution >= 0.6 is 11.6 Å². The number of aliphatic carboxylic acids is 1. The molecule has 3 aromatic carbocycles. The van der Waals surface area contributed by atoms with E-state index in [9.17, 15) is 4.79 Å². The molecule has 2 atom stereocenters. The Morgan fingerprint density at radius 1 is 1.04 bits per heavy atom. The second kappa shape index (κ2) is 7.95. The van der Waals surface area contributed by atoms with Crippen LogP contribution in [0.4, 0.5) is 5.69 Å². The Morgan fingerprint density at radius 3 is 2.54 bits per heavy atom. The summed E-state index contributed by atoms with van der Waals surface area (Å²) in [5.74, 6) is 0.567. The first-order chi connectivity index (χ1) is 13.6. The molecule has 0 unspecified atom stereocenters. The number of hydrogen-bond acceptors (Lipinski definition) is 3. The molecule has 1 fully saturated rings. The SMILES string of the molecule is O=C(O)[C@@H]1C[C@H]1c1ccc(NCc2cccc(Oc3ccccc3)c2)cc1Cl. The fourth-order valence-electron chi connectivity index (χ4n) is 3.30. The largest absolute Gasteiger partial charge is 0.481 e. The quantitative estimate of drug-likeness (QED) is 0.522. The van der Waals surface area contributed by atoms with E-state index in [2.05, 4.69) is 5.32 Å². The highest BCUT2D eigenvalue weighted by Crippen LogP contribution is 2.50. The van der Waals surface area contributed by atoms with Gasteiger partial charge >= 0.3 is 5.97 Å². The maximum absolute atomic E-state index is 11.1. The molecule has 28 heavy (non-hydrogen) atoms. The van der Waals surface area contributed by atoms with Gasteiger partial charge in [0.2, 0.25) is 0 Å². The summed E-state index contributed by atoms with van der Waals surface area (Å²) < 4.78 is 5.87. The third-order valence-electron chi connectivity index (χ3n) is 4.88. The van der Waals surface area contributed by atoms with Crippen molar-refractivity contribution in [2.24, 2.45) is 5.92 Å². The molecule has 142 valence electrons. The fraction of sp³-hybridized carbons (Fsp3) is 0.174. The number of para-hydroxylation sites is 1. The Balaban J connectivity index is 1.39. The molecule has 0 spiro atoms. The summed E-state index contributed by atoms with van der Waals surface area (Å²) in [4.78, 5) is 11.1. The summed E-state index contributed by atoms with van der Waals surface area (Å²) in [5.41, 5.74) is 2.90. The van der Waals surface area contributed by atoms with Gasteiger partial charge in [-0.1, -0.05) is 48.0 Å². The van der Waals surface area contributed by atoms with Gasteiger partial charge in [0.15, 0.2) is 0 Å². The van der Waals surface area contributed by atoms with Crippen molar-refractivity contribution in [3.8, 4) is 11.5 Å². The molecule has 4 nitrogen and oxygen atoms in total. The van der Waals surface area contributed by atoms with E-state index in [1.54, 1.807) is 0 Å². The number of halogens is 1. The number of rotatable bonds is 7. The van der Waals surface area contributed by atoms with Gasteiger partial charge in [-0.15, -0.1) is 0 Å². The molecule has 4 rings (SSSR count). The van der Waals surface area contributed by atoms with Crippen LogP contribution in [0.25, 0.3) is 0 Å². The van der Waals surface area contributed by atoms with Crippen molar-refractivity contribution in [1.82, 2.24) is 0 Å². The van der Waals surface area contributed by atoms with Gasteiger partial charge in [-0.25, -0.2) is 0 Å². The lowest BCUT2D eigenvalue weighted by Gasteiger charge is -2.11. The van der Waals surface area contributed by atoms with Crippen molar-refractivity contribution < 1.29 is 14.6 Å². The van der Waals surface area contributed by atoms with E-state index < -0.39 is 5.97 Å². The number of anilines is 1. The summed E-state index contributed by atoms with van der Waals surface area (Å²) in [5, 5.41) is 13.1. The fourth-order valence-corrected chi connectivity index (χ4v) is 3.62. The van der Waals surface area contributed by atoms with E-state index in [-0.39, 0.29) is 11.8 Å². The number of carboxylic acids is 1. The van der Waals surface area contributed by atoms with Crippen molar-refractivity contribution in [1.29, 1.82) is 0 Å². The number of carboxylic acid groups (broad SMARTS) is 1. The molecule has 0 bridgehead atoms. The zero-order valence-corrected chi connectivity index (χ0v) is 15.9. The monoisotopic (exact) mass is 393 g/mol. The molecule has 0 amide bonds. The van der Waals surface area contributed by atoms with Gasteiger partial charge in [-0.05, 0) is 59.9 Å². The first kappa shape index (κ1) is 18.4. The van der Waals surface area contributed by atoms with Crippen LogP contribution in [0.15, 0.2) is 72.8 Å². The second-order valence-corrected chi connectivity index (χ2v) is 7.35. The molecule has 0 heterocycles. The minimum atomic E-state index is -0.749. The normalized spacial score (nSPS) is 17.8. The van der Waals surface area contributed by atoms with E-state index in [1.807, 2.05) is 72.8 Å². The molecular formula is C23H20ClNO3. The van der Waals surface area contributed by atoms with Gasteiger partial charge in [0.25, 0.3) is 0 Å². The average Bonchev–Trinajstić information content (AvgIpc) is 3.48. The zero-order valence-electron chi connectivity index (χ0n) is 15.1. The smallest absolute Gasteiger partial charge is 0.307 e. The van der Waals surface area contributed by atoms with Gasteiger partial charge in [0.05, 0.1) is 5.92 Å². The van der Waals surface area contributed by atoms with Gasteiger partial charge < -0.3 is 15.2 Å². The summed E-state index contributed by atoms with van der Waals surface area (Å²) >= 11 is 6.38. The van der Waals surface area contributed by atoms with Gasteiger partial charge in [-0.3, -0.25) is 4.79 Å². The summed E-state index contributed by atoms with van der Waals surface area (Å²) in [7, 11) is 0. The third kappa shape index (κ3) is 4.29. The van der Waals surface area contributed by atoms with Crippen molar-refractivity contribution in [2.45, 2.75) is 18.9 Å². The number of benzene rings is 3. The van der Waals surface area contributed by atoms with Crippen LogP contribution in [0.3, 0.4) is 0 Å². The maximum Gasteiger partial charge on any atom is 0.307 e. The lowest BCUT2D eigenvalue weighted by molar-refractivity contribution is -0.138. The van der Waals surface area contributed by atoms with Crippen LogP contribution in [0.1, 0.15) is 23.5 Å². The van der Waals surface area contributed by atoms with Crippen molar-refractivity contribution in [2.75, 3.05) is 5.32 Å². The number of carbonyl (C=O) groups is 1. The molecule has 0 aromatic heterocycles. The highest BCUT2D eigenvalue weighted by molar-refractivity contribution is 6.31. The minimum Gasteiger partial charge on any atom is -0.481 e. The van der Waals surface area contributed by atoms with Crippen LogP contribution in [0.2, 0.25) is 5.02 Å². The Labute approximate surface area is 168 Å². The summed E-state index contributed by atoms with van der Waals surface area (Å²) in [6.45, 7) is 0.628. The van der Waals surface area contributed by atoms with E-state index >= 15 is 0 Å². The third-order valence-corrected chi connectivity index (χ3v) is 5.21. The van der Waals surface area contributed by atoms with E-state index in [0.717, 1.165) is 28.3 Å². The first-order valence-corrected chi connectivity index (χ1v) is 9.56. The number of hydrogen-bond donors (Lipinski definition) is 2. The van der Waals surface area contributed by atoms with E-state index in [4.69, 9.17) is 21.4 Å². The van der Waals surface area contributed by atoms with Gasteiger partial charge in [0, 0.05) is 17.3 Å². The molecule has 1 aliphatic carbocycles. The zero-order chi connectivity index (χ0) is 19.5. The molecule has 2 N–H and O–H groups in total. The maximum atomic E-state index is 11.1. The van der Waals surface area contributed by atoms with Crippen molar-refractivity contribution in [3.63, 3.8) is 0 Å². The summed E-state index contributed by atoms with van der Waals surface area (Å²) in [6, 6.07) is 23.3. The predicted octanol–water partition coefficient (Wildman–Crippen LogP) is 5.93. The van der Waals surface area contributed by atoms with Crippen LogP contribution < -0.4 is 10.1 Å². The molecule has 1 aliphatic rings. The Kier molecular flexibility index (Phi) is 5.22. The Hall–Kier alpha value is -2.98. The van der Waals surface area contributed by atoms with Crippen molar-refractivity contribution >= 4 is 23.3 Å². The standard InChI is InChI=1S/C23H20ClNO3/c24-22-12-16(9-10-19(22)20-13-21(20)23(26)27)25-14-15-5-4-8-18(11-15)28-17-6-2-1-3-7-17/h1-12,20-21,25H,13-14H2,(H,26,27)/t20-,21+/m0/s1. The van der Waals surface area contributed by atoms with E-state index in [1.165, 1.54) is 0 Å². The van der Waals surface area contributed by atoms with Crippen LogP contribution in [-0.4, -0.2) is 11.1 Å². The number of nitrogens with one attached hydrogen (secondary N) is 1. The number of ether oxygens (including phenoxy) is 1. The second-order valence-electron chi connectivity index (χ2n) is 6.94. The molecule has 0 saturated heterocycles. The highest BCUT2D eigenvalue weighted by atomic mass is 35.5. The van der Waals surface area contributed by atoms with Gasteiger partial charge in [-0.2, -0.15) is 0 Å². The topological polar surface area (TPSA) is 58.6 Å². The minimum absolute atomic E-state index is 0.0332. The van der Waals surface area contributed by atoms with Crippen LogP contribution in [0, 0.1) is 5.92 Å². The Bertz CT molecular complexity index is 990. The predicted molar refractivity (Wildman–Crippen MR) is 110 cm³/mol. The molecule has 1 saturated carbocycles. The van der Waals surface area contributed by atoms with Crippen molar-refractivity contribution in [3.05, 3.63) is 88.9 Å². The van der Waals surface area contributed by atoms with E-state index in [0.29, 0.717) is 18.0 Å². The van der Waals surface area contributed by atoms with Crippen LogP contribution in [0.5, 0.6) is 11.5 Å².